The fourth-order valence-electron chi connectivity index (χ4n) is 4.04. The third-order valence-corrected chi connectivity index (χ3v) is 6.06. The van der Waals surface area contributed by atoms with E-state index in [0.29, 0.717) is 29.9 Å². The van der Waals surface area contributed by atoms with Crippen LogP contribution in [0.3, 0.4) is 0 Å². The normalized spacial score (nSPS) is 11.4. The number of hydrogen-bond acceptors (Lipinski definition) is 6. The van der Waals surface area contributed by atoms with Crippen molar-refractivity contribution >= 4 is 16.9 Å². The van der Waals surface area contributed by atoms with E-state index >= 15 is 0 Å². The van der Waals surface area contributed by atoms with Gasteiger partial charge in [-0.3, -0.25) is 4.79 Å². The Hall–Kier alpha value is -3.02. The maximum Gasteiger partial charge on any atom is 0.383 e. The van der Waals surface area contributed by atoms with E-state index in [0.717, 1.165) is 32.1 Å². The molecule has 1 aromatic heterocycles. The minimum Gasteiger partial charge on any atom is -0.489 e. The molecule has 0 atom stereocenters. The summed E-state index contributed by atoms with van der Waals surface area (Å²) in [7, 11) is 0. The van der Waals surface area contributed by atoms with Crippen molar-refractivity contribution < 1.29 is 23.4 Å². The van der Waals surface area contributed by atoms with Crippen LogP contribution in [0.4, 0.5) is 0 Å². The minimum absolute atomic E-state index is 0.198. The highest BCUT2D eigenvalue weighted by Gasteiger charge is 2.22. The molecule has 204 valence electrons. The van der Waals surface area contributed by atoms with Crippen molar-refractivity contribution in [2.24, 2.45) is 0 Å². The summed E-state index contributed by atoms with van der Waals surface area (Å²) in [5, 5.41) is 0.494. The Morgan fingerprint density at radius 2 is 1.59 bits per heavy atom. The zero-order valence-corrected chi connectivity index (χ0v) is 23.3. The molecule has 0 aliphatic carbocycles. The fraction of sp³-hybridized carbons (Fsp3) is 0.548. The van der Waals surface area contributed by atoms with Gasteiger partial charge in [-0.05, 0) is 58.2 Å². The molecule has 0 unspecified atom stereocenters. The van der Waals surface area contributed by atoms with Crippen LogP contribution in [-0.2, 0) is 4.79 Å². The Labute approximate surface area is 221 Å². The molecule has 0 amide bonds. The summed E-state index contributed by atoms with van der Waals surface area (Å²) >= 11 is 0. The number of fused-ring (bicyclic) bond motifs is 1. The van der Waals surface area contributed by atoms with Crippen LogP contribution >= 0.6 is 0 Å². The molecular formula is C31H44O6. The molecule has 2 rings (SSSR count). The highest BCUT2D eigenvalue weighted by atomic mass is 16.6. The van der Waals surface area contributed by atoms with Gasteiger partial charge in [-0.1, -0.05) is 75.2 Å². The Kier molecular flexibility index (Phi) is 13.6. The molecule has 0 bridgehead atoms. The van der Waals surface area contributed by atoms with Crippen molar-refractivity contribution in [2.45, 2.75) is 98.8 Å². The molecule has 0 N–H and O–H groups in total. The third-order valence-electron chi connectivity index (χ3n) is 6.06. The van der Waals surface area contributed by atoms with Crippen molar-refractivity contribution in [1.29, 1.82) is 0 Å². The van der Waals surface area contributed by atoms with E-state index in [2.05, 4.69) is 33.8 Å². The number of hydrogen-bond donors (Lipinski definition) is 0. The number of unbranched alkanes of at least 4 members (excludes halogenated alkanes) is 7. The summed E-state index contributed by atoms with van der Waals surface area (Å²) in [6.45, 7) is 10.5. The maximum atomic E-state index is 12.6. The Morgan fingerprint density at radius 3 is 2.27 bits per heavy atom. The van der Waals surface area contributed by atoms with E-state index in [9.17, 15) is 9.59 Å². The van der Waals surface area contributed by atoms with E-state index in [-0.39, 0.29) is 11.5 Å². The van der Waals surface area contributed by atoms with Crippen molar-refractivity contribution in [3.63, 3.8) is 0 Å². The van der Waals surface area contributed by atoms with Crippen LogP contribution in [0, 0.1) is 0 Å². The van der Waals surface area contributed by atoms with Crippen LogP contribution < -0.4 is 19.8 Å². The van der Waals surface area contributed by atoms with Gasteiger partial charge in [-0.25, -0.2) is 4.79 Å². The molecule has 0 radical (unpaired) electrons. The highest BCUT2D eigenvalue weighted by molar-refractivity contribution is 5.92. The summed E-state index contributed by atoms with van der Waals surface area (Å²) in [6.07, 6.45) is 15.6. The highest BCUT2D eigenvalue weighted by Crippen LogP contribution is 2.39. The average Bonchev–Trinajstić information content (AvgIpc) is 2.84. The molecular weight excluding hydrogens is 468 g/mol. The monoisotopic (exact) mass is 512 g/mol. The number of ether oxygens (including phenoxy) is 3. The SMILES string of the molecule is CCCCCCCCCCOc1c(OC(C)=O)c(=O)oc2cccc(OC/C=C(\C)CCC=C(C)C)c12. The first-order chi connectivity index (χ1) is 17.8. The van der Waals surface area contributed by atoms with E-state index < -0.39 is 11.6 Å². The van der Waals surface area contributed by atoms with Gasteiger partial charge in [0.1, 0.15) is 23.3 Å². The first-order valence-corrected chi connectivity index (χ1v) is 13.7. The van der Waals surface area contributed by atoms with Crippen molar-refractivity contribution in [1.82, 2.24) is 0 Å². The number of carbonyl (C=O) groups is 1. The summed E-state index contributed by atoms with van der Waals surface area (Å²) in [4.78, 5) is 24.4. The van der Waals surface area contributed by atoms with Gasteiger partial charge in [0.15, 0.2) is 5.75 Å². The predicted octanol–water partition coefficient (Wildman–Crippen LogP) is 8.31. The van der Waals surface area contributed by atoms with Crippen LogP contribution in [0.2, 0.25) is 0 Å². The van der Waals surface area contributed by atoms with Crippen LogP contribution in [0.15, 0.2) is 50.7 Å². The van der Waals surface area contributed by atoms with E-state index in [1.54, 1.807) is 18.2 Å². The standard InChI is InChI=1S/C31H44O6/c1-6-7-8-9-10-11-12-13-21-35-29-28-26(34-22-20-24(4)17-14-16-23(2)3)18-15-19-27(28)37-31(33)30(29)36-25(5)32/h15-16,18-20H,6-14,17,21-22H2,1-5H3/b24-20+. The number of allylic oxidation sites excluding steroid dienone is 3. The van der Waals surface area contributed by atoms with E-state index in [4.69, 9.17) is 18.6 Å². The molecule has 37 heavy (non-hydrogen) atoms. The average molecular weight is 513 g/mol. The van der Waals surface area contributed by atoms with Crippen LogP contribution in [0.5, 0.6) is 17.2 Å². The first kappa shape index (κ1) is 30.2. The fourth-order valence-corrected chi connectivity index (χ4v) is 4.04. The van der Waals surface area contributed by atoms with Gasteiger partial charge in [-0.15, -0.1) is 0 Å². The second-order valence-electron chi connectivity index (χ2n) is 9.78. The van der Waals surface area contributed by atoms with Crippen molar-refractivity contribution in [3.8, 4) is 17.2 Å². The second kappa shape index (κ2) is 16.7. The molecule has 0 saturated carbocycles. The summed E-state index contributed by atoms with van der Waals surface area (Å²) in [5.74, 6) is -0.140. The lowest BCUT2D eigenvalue weighted by Crippen LogP contribution is -2.14. The van der Waals surface area contributed by atoms with E-state index in [1.165, 1.54) is 50.2 Å². The summed E-state index contributed by atoms with van der Waals surface area (Å²) in [6, 6.07) is 5.25. The van der Waals surface area contributed by atoms with Crippen LogP contribution in [0.1, 0.15) is 98.8 Å². The predicted molar refractivity (Wildman–Crippen MR) is 150 cm³/mol. The summed E-state index contributed by atoms with van der Waals surface area (Å²) < 4.78 is 22.8. The molecule has 6 nitrogen and oxygen atoms in total. The zero-order valence-electron chi connectivity index (χ0n) is 23.3. The van der Waals surface area contributed by atoms with Crippen LogP contribution in [-0.4, -0.2) is 19.2 Å². The third kappa shape index (κ3) is 10.9. The van der Waals surface area contributed by atoms with E-state index in [1.807, 2.05) is 6.08 Å². The number of rotatable bonds is 17. The second-order valence-corrected chi connectivity index (χ2v) is 9.78. The molecule has 0 spiro atoms. The molecule has 1 aromatic carbocycles. The smallest absolute Gasteiger partial charge is 0.383 e. The molecule has 0 aliphatic rings. The van der Waals surface area contributed by atoms with Gasteiger partial charge in [0.05, 0.1) is 6.61 Å². The van der Waals surface area contributed by atoms with Gasteiger partial charge >= 0.3 is 11.6 Å². The number of esters is 1. The first-order valence-electron chi connectivity index (χ1n) is 13.7. The Morgan fingerprint density at radius 1 is 0.892 bits per heavy atom. The topological polar surface area (TPSA) is 75.0 Å². The molecule has 0 fully saturated rings. The molecule has 0 saturated heterocycles. The lowest BCUT2D eigenvalue weighted by molar-refractivity contribution is -0.132. The molecule has 6 heteroatoms. The van der Waals surface area contributed by atoms with Gasteiger partial charge < -0.3 is 18.6 Å². The van der Waals surface area contributed by atoms with Crippen molar-refractivity contribution in [2.75, 3.05) is 13.2 Å². The van der Waals surface area contributed by atoms with Gasteiger partial charge in [0, 0.05) is 6.92 Å². The van der Waals surface area contributed by atoms with Gasteiger partial charge in [0.25, 0.3) is 5.75 Å². The molecule has 1 heterocycles. The lowest BCUT2D eigenvalue weighted by atomic mass is 10.1. The number of benzene rings is 1. The molecule has 0 aliphatic heterocycles. The van der Waals surface area contributed by atoms with Crippen LogP contribution in [0.25, 0.3) is 11.0 Å². The summed E-state index contributed by atoms with van der Waals surface area (Å²) in [5.41, 5.74) is 2.12. The zero-order chi connectivity index (χ0) is 27.0. The van der Waals surface area contributed by atoms with Crippen molar-refractivity contribution in [3.05, 3.63) is 51.9 Å². The minimum atomic E-state index is -0.749. The van der Waals surface area contributed by atoms with Gasteiger partial charge in [0.2, 0.25) is 0 Å². The maximum absolute atomic E-state index is 12.6. The lowest BCUT2D eigenvalue weighted by Gasteiger charge is -2.15. The Balaban J connectivity index is 2.17. The number of carbonyl (C=O) groups excluding carboxylic acids is 1. The molecule has 2 aromatic rings. The quantitative estimate of drug-likeness (QED) is 0.0918. The largest absolute Gasteiger partial charge is 0.489 e. The van der Waals surface area contributed by atoms with Gasteiger partial charge in [-0.2, -0.15) is 0 Å². The Bertz CT molecular complexity index is 1100.